The van der Waals surface area contributed by atoms with E-state index in [1.165, 1.54) is 20.8 Å². The molecule has 0 saturated carbocycles. The van der Waals surface area contributed by atoms with Crippen molar-refractivity contribution in [2.75, 3.05) is 53.2 Å². The molecule has 0 heterocycles. The third-order valence-electron chi connectivity index (χ3n) is 4.30. The fraction of sp³-hybridized carbons (Fsp3) is 0.500. The lowest BCUT2D eigenvalue weighted by Crippen LogP contribution is -2.40. The molecule has 0 rings (SSSR count). The van der Waals surface area contributed by atoms with E-state index < -0.39 is 71.4 Å². The quantitative estimate of drug-likeness (QED) is 0.112. The van der Waals surface area contributed by atoms with Crippen molar-refractivity contribution in [3.63, 3.8) is 0 Å². The summed E-state index contributed by atoms with van der Waals surface area (Å²) in [6.45, 7) is 9.39. The van der Waals surface area contributed by atoms with Crippen LogP contribution >= 0.6 is 23.2 Å². The van der Waals surface area contributed by atoms with Gasteiger partial charge in [-0.1, -0.05) is 36.4 Å². The van der Waals surface area contributed by atoms with Crippen LogP contribution in [0.3, 0.4) is 0 Å². The minimum Gasteiger partial charge on any atom is -0.465 e. The molecule has 2 amide bonds. The molecule has 224 valence electrons. The lowest BCUT2D eigenvalue weighted by atomic mass is 9.94. The Morgan fingerprint density at radius 2 is 1.02 bits per heavy atom. The summed E-state index contributed by atoms with van der Waals surface area (Å²) in [5.74, 6) is -3.53. The highest BCUT2D eigenvalue weighted by atomic mass is 35.5. The largest absolute Gasteiger partial charge is 0.465 e. The zero-order valence-electron chi connectivity index (χ0n) is 22.5. The van der Waals surface area contributed by atoms with E-state index in [1.807, 2.05) is 0 Å². The molecule has 40 heavy (non-hydrogen) atoms. The molecule has 0 fully saturated rings. The number of nitrogens with one attached hydrogen (secondary N) is 2. The summed E-state index contributed by atoms with van der Waals surface area (Å²) in [4.78, 5) is 70.6. The lowest BCUT2D eigenvalue weighted by molar-refractivity contribution is -0.144. The summed E-state index contributed by atoms with van der Waals surface area (Å²) in [7, 11) is 1.02. The van der Waals surface area contributed by atoms with Crippen LogP contribution in [-0.2, 0) is 47.6 Å². The first kappa shape index (κ1) is 36.2. The Morgan fingerprint density at radius 1 is 0.650 bits per heavy atom. The molecule has 0 aromatic carbocycles. The molecular formula is C24H32Cl2N2O12. The van der Waals surface area contributed by atoms with Crippen LogP contribution in [0.4, 0.5) is 9.59 Å². The van der Waals surface area contributed by atoms with Gasteiger partial charge in [0.2, 0.25) is 0 Å². The number of ether oxygens (including phenoxy) is 6. The topological polar surface area (TPSA) is 182 Å². The number of methoxy groups -OCH3 is 1. The molecule has 0 aliphatic heterocycles. The number of carbonyl (C=O) groups is 6. The second kappa shape index (κ2) is 18.5. The van der Waals surface area contributed by atoms with Gasteiger partial charge in [-0.25, -0.2) is 28.8 Å². The number of carbonyl (C=O) groups excluding carboxylic acids is 6. The van der Waals surface area contributed by atoms with E-state index in [0.29, 0.717) is 0 Å². The Bertz CT molecular complexity index is 975. The molecule has 0 aliphatic carbocycles. The molecule has 14 nitrogen and oxygen atoms in total. The predicted molar refractivity (Wildman–Crippen MR) is 140 cm³/mol. The maximum atomic E-state index is 12.2. The van der Waals surface area contributed by atoms with Crippen LogP contribution in [0.1, 0.15) is 20.8 Å². The Hall–Kier alpha value is -3.78. The van der Waals surface area contributed by atoms with Crippen LogP contribution < -0.4 is 10.6 Å². The van der Waals surface area contributed by atoms with E-state index in [0.717, 1.165) is 7.11 Å². The van der Waals surface area contributed by atoms with E-state index in [1.54, 1.807) is 0 Å². The highest BCUT2D eigenvalue weighted by molar-refractivity contribution is 6.53. The Morgan fingerprint density at radius 3 is 1.40 bits per heavy atom. The van der Waals surface area contributed by atoms with Gasteiger partial charge in [-0.05, 0) is 20.8 Å². The third kappa shape index (κ3) is 15.0. The standard InChI is InChI=1S/C24H32Cl2N2O12/c1-14(2)18(29)36-9-7-27-22(33)39-12-24(5,11-38-21(32)17(26)16(25)20(31)35-6)13-40-23(34)28-8-10-37-19(30)15(3)4/h1,3,7-13H2,2,4-6H3,(H,27,33)(H,28,34)/b17-16-. The van der Waals surface area contributed by atoms with E-state index in [2.05, 4.69) is 28.5 Å². The van der Waals surface area contributed by atoms with Gasteiger partial charge < -0.3 is 39.1 Å². The number of alkyl carbamates (subject to hydrolysis) is 2. The number of halogens is 2. The van der Waals surface area contributed by atoms with Gasteiger partial charge in [0.15, 0.2) is 10.1 Å². The second-order valence-electron chi connectivity index (χ2n) is 8.34. The molecule has 0 aromatic rings. The summed E-state index contributed by atoms with van der Waals surface area (Å²) in [6.07, 6.45) is -1.83. The number of hydrogen-bond donors (Lipinski definition) is 2. The maximum absolute atomic E-state index is 12.2. The van der Waals surface area contributed by atoms with Crippen molar-refractivity contribution in [1.82, 2.24) is 10.6 Å². The normalized spacial score (nSPS) is 11.2. The first-order valence-corrected chi connectivity index (χ1v) is 12.2. The molecule has 0 bridgehead atoms. The van der Waals surface area contributed by atoms with Crippen LogP contribution in [0.25, 0.3) is 0 Å². The Kier molecular flexibility index (Phi) is 16.7. The average molecular weight is 611 g/mol. The first-order chi connectivity index (χ1) is 18.6. The van der Waals surface area contributed by atoms with Gasteiger partial charge in [0.05, 0.1) is 25.6 Å². The van der Waals surface area contributed by atoms with E-state index >= 15 is 0 Å². The maximum Gasteiger partial charge on any atom is 0.407 e. The molecule has 0 aromatic heterocycles. The molecule has 0 spiro atoms. The number of amides is 2. The van der Waals surface area contributed by atoms with Gasteiger partial charge in [0.25, 0.3) is 0 Å². The summed E-state index contributed by atoms with van der Waals surface area (Å²) < 4.78 is 29.3. The molecule has 0 aliphatic rings. The fourth-order valence-electron chi connectivity index (χ4n) is 2.12. The molecule has 0 saturated heterocycles. The Labute approximate surface area is 240 Å². The van der Waals surface area contributed by atoms with Crippen molar-refractivity contribution >= 4 is 59.3 Å². The molecule has 2 N–H and O–H groups in total. The van der Waals surface area contributed by atoms with Crippen LogP contribution in [0.5, 0.6) is 0 Å². The lowest BCUT2D eigenvalue weighted by Gasteiger charge is -2.28. The van der Waals surface area contributed by atoms with Crippen molar-refractivity contribution in [1.29, 1.82) is 0 Å². The van der Waals surface area contributed by atoms with Gasteiger partial charge in [-0.3, -0.25) is 0 Å². The molecule has 0 atom stereocenters. The van der Waals surface area contributed by atoms with Gasteiger partial charge in [0, 0.05) is 11.1 Å². The van der Waals surface area contributed by atoms with E-state index in [9.17, 15) is 28.8 Å². The molecule has 16 heteroatoms. The highest BCUT2D eigenvalue weighted by Crippen LogP contribution is 2.22. The zero-order valence-corrected chi connectivity index (χ0v) is 24.0. The van der Waals surface area contributed by atoms with Gasteiger partial charge in [-0.15, -0.1) is 0 Å². The summed E-state index contributed by atoms with van der Waals surface area (Å²) in [5, 5.41) is 3.20. The summed E-state index contributed by atoms with van der Waals surface area (Å²) in [5.41, 5.74) is -0.946. The smallest absolute Gasteiger partial charge is 0.407 e. The van der Waals surface area contributed by atoms with Crippen molar-refractivity contribution < 1.29 is 57.2 Å². The van der Waals surface area contributed by atoms with Crippen molar-refractivity contribution in [3.8, 4) is 0 Å². The van der Waals surface area contributed by atoms with Crippen molar-refractivity contribution in [2.45, 2.75) is 20.8 Å². The minimum atomic E-state index is -1.32. The summed E-state index contributed by atoms with van der Waals surface area (Å²) in [6, 6.07) is 0. The zero-order chi connectivity index (χ0) is 30.9. The van der Waals surface area contributed by atoms with Crippen LogP contribution in [0, 0.1) is 5.41 Å². The number of hydrogen-bond acceptors (Lipinski definition) is 12. The van der Waals surface area contributed by atoms with Gasteiger partial charge in [-0.2, -0.15) is 0 Å². The van der Waals surface area contributed by atoms with Gasteiger partial charge in [0.1, 0.15) is 33.0 Å². The summed E-state index contributed by atoms with van der Waals surface area (Å²) >= 11 is 11.4. The van der Waals surface area contributed by atoms with E-state index in [4.69, 9.17) is 46.9 Å². The molecule has 0 radical (unpaired) electrons. The van der Waals surface area contributed by atoms with Crippen LogP contribution in [-0.4, -0.2) is 89.3 Å². The number of rotatable bonds is 16. The van der Waals surface area contributed by atoms with Crippen LogP contribution in [0.15, 0.2) is 34.4 Å². The predicted octanol–water partition coefficient (Wildman–Crippen LogP) is 2.09. The average Bonchev–Trinajstić information content (AvgIpc) is 2.92. The van der Waals surface area contributed by atoms with Crippen molar-refractivity contribution in [3.05, 3.63) is 34.4 Å². The fourth-order valence-corrected chi connectivity index (χ4v) is 2.40. The SMILES string of the molecule is C=C(C)C(=O)OCCNC(=O)OCC(C)(COC(=O)NCCOC(=O)C(=C)C)COC(=O)/C(Cl)=C(/Cl)C(=O)OC. The van der Waals surface area contributed by atoms with Crippen molar-refractivity contribution in [2.24, 2.45) is 5.41 Å². The molecular weight excluding hydrogens is 579 g/mol. The van der Waals surface area contributed by atoms with Crippen LogP contribution in [0.2, 0.25) is 0 Å². The molecule has 0 unspecified atom stereocenters. The first-order valence-electron chi connectivity index (χ1n) is 11.4. The highest BCUT2D eigenvalue weighted by Gasteiger charge is 2.32. The monoisotopic (exact) mass is 610 g/mol. The van der Waals surface area contributed by atoms with E-state index in [-0.39, 0.29) is 37.4 Å². The van der Waals surface area contributed by atoms with Gasteiger partial charge >= 0.3 is 36.1 Å². The third-order valence-corrected chi connectivity index (χ3v) is 5.08. The Balaban J connectivity index is 5.11. The number of esters is 4. The minimum absolute atomic E-state index is 0.0785. The second-order valence-corrected chi connectivity index (χ2v) is 9.10.